The van der Waals surface area contributed by atoms with Crippen LogP contribution in [0.2, 0.25) is 0 Å². The highest BCUT2D eigenvalue weighted by Gasteiger charge is 2.42. The number of hydrogen-bond acceptors (Lipinski definition) is 3. The minimum atomic E-state index is -1.13. The molecule has 0 spiro atoms. The van der Waals surface area contributed by atoms with E-state index in [4.69, 9.17) is 0 Å². The van der Waals surface area contributed by atoms with Crippen LogP contribution in [0.3, 0.4) is 0 Å². The van der Waals surface area contributed by atoms with E-state index in [-0.39, 0.29) is 18.2 Å². The van der Waals surface area contributed by atoms with Gasteiger partial charge in [-0.1, -0.05) is 25.1 Å². The molecule has 0 unspecified atom stereocenters. The van der Waals surface area contributed by atoms with E-state index < -0.39 is 11.5 Å². The highest BCUT2D eigenvalue weighted by Crippen LogP contribution is 2.32. The van der Waals surface area contributed by atoms with Gasteiger partial charge in [0.25, 0.3) is 5.91 Å². The van der Waals surface area contributed by atoms with Gasteiger partial charge in [0, 0.05) is 18.5 Å². The fraction of sp³-hybridized carbons (Fsp3) is 0.526. The van der Waals surface area contributed by atoms with E-state index in [1.807, 2.05) is 6.07 Å². The maximum Gasteiger partial charge on any atom is 0.329 e. The smallest absolute Gasteiger partial charge is 0.329 e. The molecule has 0 aliphatic heterocycles. The number of benzene rings is 1. The molecular weight excluding hydrogens is 320 g/mol. The Bertz CT molecular complexity index is 607. The summed E-state index contributed by atoms with van der Waals surface area (Å²) >= 11 is 0. The molecule has 1 aliphatic carbocycles. The molecule has 0 radical (unpaired) electrons. The van der Waals surface area contributed by atoms with Crippen molar-refractivity contribution in [3.05, 3.63) is 35.9 Å². The van der Waals surface area contributed by atoms with Crippen molar-refractivity contribution in [1.82, 2.24) is 10.6 Å². The van der Waals surface area contributed by atoms with Gasteiger partial charge in [0.15, 0.2) is 0 Å². The summed E-state index contributed by atoms with van der Waals surface area (Å²) in [5, 5.41) is 15.0. The van der Waals surface area contributed by atoms with Crippen molar-refractivity contribution in [3.63, 3.8) is 0 Å². The predicted molar refractivity (Wildman–Crippen MR) is 94.2 cm³/mol. The molecule has 136 valence electrons. The van der Waals surface area contributed by atoms with Crippen molar-refractivity contribution in [3.8, 4) is 0 Å². The highest BCUT2D eigenvalue weighted by molar-refractivity contribution is 5.94. The molecule has 0 atom stereocenters. The summed E-state index contributed by atoms with van der Waals surface area (Å²) in [7, 11) is 0. The number of rotatable bonds is 7. The standard InChI is InChI=1S/C19H26N2O4/c1-14-9-11-19(12-10-14,18(24)25)21-16(22)8-5-13-20-17(23)15-6-3-2-4-7-15/h2-4,6-7,14H,5,8-13H2,1H3,(H,20,23)(H,21,22)(H,24,25). The molecule has 1 aromatic rings. The van der Waals surface area contributed by atoms with Gasteiger partial charge < -0.3 is 15.7 Å². The summed E-state index contributed by atoms with van der Waals surface area (Å²) < 4.78 is 0. The second-order valence-corrected chi connectivity index (χ2v) is 6.84. The zero-order chi connectivity index (χ0) is 18.3. The molecule has 6 heteroatoms. The second kappa shape index (κ2) is 8.65. The van der Waals surface area contributed by atoms with E-state index in [9.17, 15) is 19.5 Å². The largest absolute Gasteiger partial charge is 0.480 e. The van der Waals surface area contributed by atoms with Crippen molar-refractivity contribution < 1.29 is 19.5 Å². The van der Waals surface area contributed by atoms with Crippen molar-refractivity contribution in [1.29, 1.82) is 0 Å². The molecule has 2 amide bonds. The van der Waals surface area contributed by atoms with Gasteiger partial charge >= 0.3 is 5.97 Å². The maximum atomic E-state index is 12.1. The Balaban J connectivity index is 1.74. The van der Waals surface area contributed by atoms with Crippen LogP contribution in [0, 0.1) is 5.92 Å². The normalized spacial score (nSPS) is 22.8. The van der Waals surface area contributed by atoms with Crippen molar-refractivity contribution in [2.45, 2.75) is 51.0 Å². The minimum Gasteiger partial charge on any atom is -0.480 e. The number of aliphatic carboxylic acids is 1. The van der Waals surface area contributed by atoms with Gasteiger partial charge in [-0.3, -0.25) is 9.59 Å². The second-order valence-electron chi connectivity index (χ2n) is 6.84. The maximum absolute atomic E-state index is 12.1. The Morgan fingerprint density at radius 2 is 1.80 bits per heavy atom. The van der Waals surface area contributed by atoms with Crippen LogP contribution < -0.4 is 10.6 Å². The topological polar surface area (TPSA) is 95.5 Å². The number of carboxylic acid groups (broad SMARTS) is 1. The fourth-order valence-electron chi connectivity index (χ4n) is 3.12. The first-order valence-corrected chi connectivity index (χ1v) is 8.80. The lowest BCUT2D eigenvalue weighted by Crippen LogP contribution is -2.56. The molecule has 0 bridgehead atoms. The Morgan fingerprint density at radius 1 is 1.16 bits per heavy atom. The lowest BCUT2D eigenvalue weighted by atomic mass is 9.77. The molecule has 0 heterocycles. The summed E-state index contributed by atoms with van der Waals surface area (Å²) in [6.45, 7) is 2.47. The first-order chi connectivity index (χ1) is 11.9. The van der Waals surface area contributed by atoms with Gasteiger partial charge in [-0.05, 0) is 50.2 Å². The lowest BCUT2D eigenvalue weighted by molar-refractivity contribution is -0.149. The summed E-state index contributed by atoms with van der Waals surface area (Å²) in [5.74, 6) is -0.905. The van der Waals surface area contributed by atoms with Gasteiger partial charge in [-0.15, -0.1) is 0 Å². The van der Waals surface area contributed by atoms with Crippen LogP contribution in [-0.4, -0.2) is 35.0 Å². The number of amides is 2. The zero-order valence-electron chi connectivity index (χ0n) is 14.6. The predicted octanol–water partition coefficient (Wildman–Crippen LogP) is 2.35. The van der Waals surface area contributed by atoms with E-state index in [0.717, 1.165) is 12.8 Å². The molecule has 25 heavy (non-hydrogen) atoms. The van der Waals surface area contributed by atoms with Gasteiger partial charge in [-0.2, -0.15) is 0 Å². The van der Waals surface area contributed by atoms with Gasteiger partial charge in [-0.25, -0.2) is 4.79 Å². The van der Waals surface area contributed by atoms with E-state index in [0.29, 0.717) is 37.3 Å². The minimum absolute atomic E-state index is 0.177. The summed E-state index contributed by atoms with van der Waals surface area (Å²) in [6, 6.07) is 8.87. The molecule has 1 saturated carbocycles. The van der Waals surface area contributed by atoms with E-state index in [1.165, 1.54) is 0 Å². The third-order valence-electron chi connectivity index (χ3n) is 4.82. The van der Waals surface area contributed by atoms with Crippen LogP contribution in [0.5, 0.6) is 0 Å². The van der Waals surface area contributed by atoms with E-state index >= 15 is 0 Å². The molecule has 1 aliphatic rings. The molecular formula is C19H26N2O4. The van der Waals surface area contributed by atoms with Gasteiger partial charge in [0.2, 0.25) is 5.91 Å². The Kier molecular flexibility index (Phi) is 6.56. The van der Waals surface area contributed by atoms with Crippen molar-refractivity contribution >= 4 is 17.8 Å². The average molecular weight is 346 g/mol. The van der Waals surface area contributed by atoms with Crippen molar-refractivity contribution in [2.75, 3.05) is 6.54 Å². The summed E-state index contributed by atoms with van der Waals surface area (Å²) in [6.07, 6.45) is 3.22. The number of carbonyl (C=O) groups excluding carboxylic acids is 2. The number of hydrogen-bond donors (Lipinski definition) is 3. The number of nitrogens with one attached hydrogen (secondary N) is 2. The summed E-state index contributed by atoms with van der Waals surface area (Å²) in [4.78, 5) is 35.6. The number of carbonyl (C=O) groups is 3. The van der Waals surface area contributed by atoms with Crippen LogP contribution >= 0.6 is 0 Å². The van der Waals surface area contributed by atoms with Gasteiger partial charge in [0.05, 0.1) is 0 Å². The SMILES string of the molecule is CC1CCC(NC(=O)CCCNC(=O)c2ccccc2)(C(=O)O)CC1. The van der Waals surface area contributed by atoms with Gasteiger partial charge in [0.1, 0.15) is 5.54 Å². The third kappa shape index (κ3) is 5.31. The summed E-state index contributed by atoms with van der Waals surface area (Å²) in [5.41, 5.74) is -0.551. The average Bonchev–Trinajstić information content (AvgIpc) is 2.61. The Labute approximate surface area is 148 Å². The van der Waals surface area contributed by atoms with E-state index in [1.54, 1.807) is 24.3 Å². The molecule has 1 aromatic carbocycles. The zero-order valence-corrected chi connectivity index (χ0v) is 14.6. The molecule has 1 fully saturated rings. The first-order valence-electron chi connectivity index (χ1n) is 8.80. The molecule has 2 rings (SSSR count). The lowest BCUT2D eigenvalue weighted by Gasteiger charge is -2.36. The first kappa shape index (κ1) is 19.0. The monoisotopic (exact) mass is 346 g/mol. The van der Waals surface area contributed by atoms with Crippen molar-refractivity contribution in [2.24, 2.45) is 5.92 Å². The van der Waals surface area contributed by atoms with Crippen LogP contribution in [0.25, 0.3) is 0 Å². The molecule has 0 aromatic heterocycles. The molecule has 3 N–H and O–H groups in total. The Hall–Kier alpha value is -2.37. The van der Waals surface area contributed by atoms with Crippen LogP contribution in [0.4, 0.5) is 0 Å². The quantitative estimate of drug-likeness (QED) is 0.660. The number of carboxylic acids is 1. The Morgan fingerprint density at radius 3 is 2.40 bits per heavy atom. The van der Waals surface area contributed by atoms with Crippen LogP contribution in [0.15, 0.2) is 30.3 Å². The fourth-order valence-corrected chi connectivity index (χ4v) is 3.12. The molecule has 6 nitrogen and oxygen atoms in total. The highest BCUT2D eigenvalue weighted by atomic mass is 16.4. The van der Waals surface area contributed by atoms with Crippen LogP contribution in [0.1, 0.15) is 55.8 Å². The van der Waals surface area contributed by atoms with E-state index in [2.05, 4.69) is 17.6 Å². The molecule has 0 saturated heterocycles. The third-order valence-corrected chi connectivity index (χ3v) is 4.82. The van der Waals surface area contributed by atoms with Crippen LogP contribution in [-0.2, 0) is 9.59 Å².